The zero-order chi connectivity index (χ0) is 11.1. The topological polar surface area (TPSA) is 99.1 Å². The van der Waals surface area contributed by atoms with Gasteiger partial charge in [0, 0.05) is 6.61 Å². The first-order valence-electron chi connectivity index (χ1n) is 5.06. The normalized spacial score (nSPS) is 20.6. The Bertz CT molecular complexity index is 532. The first-order valence-corrected chi connectivity index (χ1v) is 5.06. The molecule has 3 rings (SSSR count). The smallest absolute Gasteiger partial charge is 0.317 e. The molecule has 3 heterocycles. The number of fused-ring (bicyclic) bond motifs is 1. The van der Waals surface area contributed by atoms with Crippen LogP contribution in [-0.2, 0) is 4.74 Å². The standard InChI is InChI=1S/C9H11N5O2/c10-7-6-8(13-9(15)12-7)14(4-11-6)5-2-1-3-16-5/h4-5H,1-3H2,(H3,10,12,13,15). The predicted octanol–water partition coefficient (Wildman–Crippen LogP) is 0.423. The molecule has 1 aliphatic heterocycles. The van der Waals surface area contributed by atoms with Crippen molar-refractivity contribution in [2.75, 3.05) is 12.3 Å². The minimum Gasteiger partial charge on any atom is -0.479 e. The van der Waals surface area contributed by atoms with E-state index >= 15 is 0 Å². The second-order valence-electron chi connectivity index (χ2n) is 3.70. The number of nitrogens with zero attached hydrogens (tertiary/aromatic N) is 4. The SMILES string of the molecule is Nc1nc(O)nc2c1ncn2C1CCCO1. The molecule has 84 valence electrons. The largest absolute Gasteiger partial charge is 0.479 e. The first kappa shape index (κ1) is 9.34. The highest BCUT2D eigenvalue weighted by Gasteiger charge is 2.21. The molecule has 3 N–H and O–H groups in total. The number of hydrogen-bond donors (Lipinski definition) is 2. The number of aromatic nitrogens is 4. The third-order valence-electron chi connectivity index (χ3n) is 2.65. The molecule has 0 aromatic carbocycles. The van der Waals surface area contributed by atoms with E-state index in [1.165, 1.54) is 0 Å². The van der Waals surface area contributed by atoms with E-state index in [0.717, 1.165) is 19.4 Å². The van der Waals surface area contributed by atoms with Gasteiger partial charge in [0.15, 0.2) is 17.0 Å². The zero-order valence-electron chi connectivity index (χ0n) is 8.50. The molecule has 0 radical (unpaired) electrons. The molecule has 0 amide bonds. The summed E-state index contributed by atoms with van der Waals surface area (Å²) in [4.78, 5) is 11.7. The summed E-state index contributed by atoms with van der Waals surface area (Å²) in [6.07, 6.45) is 3.47. The summed E-state index contributed by atoms with van der Waals surface area (Å²) in [5.74, 6) is 0.180. The van der Waals surface area contributed by atoms with Crippen molar-refractivity contribution >= 4 is 17.0 Å². The Labute approximate surface area is 90.9 Å². The van der Waals surface area contributed by atoms with Gasteiger partial charge in [-0.1, -0.05) is 0 Å². The van der Waals surface area contributed by atoms with E-state index in [4.69, 9.17) is 10.5 Å². The van der Waals surface area contributed by atoms with Gasteiger partial charge >= 0.3 is 6.01 Å². The molecule has 0 spiro atoms. The van der Waals surface area contributed by atoms with E-state index in [9.17, 15) is 5.11 Å². The molecule has 0 aliphatic carbocycles. The molecular weight excluding hydrogens is 210 g/mol. The van der Waals surface area contributed by atoms with Crippen LogP contribution in [0.5, 0.6) is 6.01 Å². The van der Waals surface area contributed by atoms with Crippen LogP contribution in [0.3, 0.4) is 0 Å². The van der Waals surface area contributed by atoms with E-state index in [2.05, 4.69) is 15.0 Å². The summed E-state index contributed by atoms with van der Waals surface area (Å²) >= 11 is 0. The fourth-order valence-corrected chi connectivity index (χ4v) is 1.92. The van der Waals surface area contributed by atoms with Crippen molar-refractivity contribution in [3.05, 3.63) is 6.33 Å². The molecule has 7 nitrogen and oxygen atoms in total. The summed E-state index contributed by atoms with van der Waals surface area (Å²) in [6, 6.07) is -0.343. The number of aromatic hydroxyl groups is 1. The van der Waals surface area contributed by atoms with Crippen LogP contribution in [0.25, 0.3) is 11.2 Å². The number of hydrogen-bond acceptors (Lipinski definition) is 6. The molecule has 0 saturated carbocycles. The molecule has 2 aromatic rings. The summed E-state index contributed by atoms with van der Waals surface area (Å²) < 4.78 is 7.30. The molecule has 1 fully saturated rings. The first-order chi connectivity index (χ1) is 7.75. The number of nitrogen functional groups attached to an aromatic ring is 1. The molecule has 1 saturated heterocycles. The van der Waals surface area contributed by atoms with Crippen molar-refractivity contribution in [3.8, 4) is 6.01 Å². The van der Waals surface area contributed by atoms with Gasteiger partial charge in [0.2, 0.25) is 0 Å². The van der Waals surface area contributed by atoms with Gasteiger partial charge in [0.05, 0.1) is 6.33 Å². The molecule has 2 aromatic heterocycles. The van der Waals surface area contributed by atoms with Crippen LogP contribution in [0, 0.1) is 0 Å². The second kappa shape index (κ2) is 3.31. The fraction of sp³-hybridized carbons (Fsp3) is 0.444. The van der Waals surface area contributed by atoms with Crippen molar-refractivity contribution in [2.45, 2.75) is 19.1 Å². The zero-order valence-corrected chi connectivity index (χ0v) is 8.50. The van der Waals surface area contributed by atoms with Crippen LogP contribution < -0.4 is 5.73 Å². The summed E-state index contributed by atoms with van der Waals surface area (Å²) in [6.45, 7) is 0.733. The maximum absolute atomic E-state index is 9.31. The Balaban J connectivity index is 2.18. The number of rotatable bonds is 1. The van der Waals surface area contributed by atoms with Crippen LogP contribution in [0.15, 0.2) is 6.33 Å². The summed E-state index contributed by atoms with van der Waals surface area (Å²) in [5, 5.41) is 9.31. The highest BCUT2D eigenvalue weighted by Crippen LogP contribution is 2.27. The van der Waals surface area contributed by atoms with E-state index in [1.807, 2.05) is 0 Å². The molecule has 16 heavy (non-hydrogen) atoms. The Hall–Kier alpha value is -1.89. The van der Waals surface area contributed by atoms with Crippen molar-refractivity contribution in [1.82, 2.24) is 19.5 Å². The average Bonchev–Trinajstić information content (AvgIpc) is 2.83. The quantitative estimate of drug-likeness (QED) is 0.724. The number of ether oxygens (including phenoxy) is 1. The van der Waals surface area contributed by atoms with Crippen molar-refractivity contribution in [3.63, 3.8) is 0 Å². The fourth-order valence-electron chi connectivity index (χ4n) is 1.92. The lowest BCUT2D eigenvalue weighted by Crippen LogP contribution is -2.07. The molecule has 1 aliphatic rings. The van der Waals surface area contributed by atoms with E-state index < -0.39 is 0 Å². The lowest BCUT2D eigenvalue weighted by molar-refractivity contribution is 0.0592. The Morgan fingerprint density at radius 3 is 3.12 bits per heavy atom. The minimum absolute atomic E-state index is 0.0706. The van der Waals surface area contributed by atoms with Crippen LogP contribution in [0.4, 0.5) is 5.82 Å². The number of anilines is 1. The third-order valence-corrected chi connectivity index (χ3v) is 2.65. The van der Waals surface area contributed by atoms with Crippen molar-refractivity contribution < 1.29 is 9.84 Å². The maximum atomic E-state index is 9.31. The summed E-state index contributed by atoms with van der Waals surface area (Å²) in [5.41, 5.74) is 6.65. The minimum atomic E-state index is -0.343. The van der Waals surface area contributed by atoms with Crippen molar-refractivity contribution in [2.24, 2.45) is 0 Å². The van der Waals surface area contributed by atoms with Gasteiger partial charge in [-0.15, -0.1) is 0 Å². The van der Waals surface area contributed by atoms with Crippen LogP contribution >= 0.6 is 0 Å². The van der Waals surface area contributed by atoms with E-state index in [1.54, 1.807) is 10.9 Å². The predicted molar refractivity (Wildman–Crippen MR) is 55.6 cm³/mol. The van der Waals surface area contributed by atoms with Crippen molar-refractivity contribution in [1.29, 1.82) is 0 Å². The molecule has 1 unspecified atom stereocenters. The van der Waals surface area contributed by atoms with Crippen LogP contribution in [0.1, 0.15) is 19.1 Å². The van der Waals surface area contributed by atoms with Gasteiger partial charge in [-0.3, -0.25) is 4.57 Å². The summed E-state index contributed by atoms with van der Waals surface area (Å²) in [7, 11) is 0. The van der Waals surface area contributed by atoms with E-state index in [-0.39, 0.29) is 18.1 Å². The van der Waals surface area contributed by atoms with E-state index in [0.29, 0.717) is 11.2 Å². The third kappa shape index (κ3) is 1.28. The maximum Gasteiger partial charge on any atom is 0.317 e. The van der Waals surface area contributed by atoms with Gasteiger partial charge in [-0.05, 0) is 12.8 Å². The van der Waals surface area contributed by atoms with Gasteiger partial charge in [0.1, 0.15) is 6.23 Å². The number of nitrogens with two attached hydrogens (primary N) is 1. The van der Waals surface area contributed by atoms with Gasteiger partial charge in [-0.25, -0.2) is 4.98 Å². The van der Waals surface area contributed by atoms with Crippen LogP contribution in [-0.4, -0.2) is 31.2 Å². The second-order valence-corrected chi connectivity index (χ2v) is 3.70. The van der Waals surface area contributed by atoms with Gasteiger partial charge in [-0.2, -0.15) is 9.97 Å². The molecule has 0 bridgehead atoms. The lowest BCUT2D eigenvalue weighted by Gasteiger charge is -2.11. The molecular formula is C9H11N5O2. The highest BCUT2D eigenvalue weighted by atomic mass is 16.5. The Kier molecular flexibility index (Phi) is 1.93. The van der Waals surface area contributed by atoms with Gasteiger partial charge in [0.25, 0.3) is 0 Å². The lowest BCUT2D eigenvalue weighted by atomic mass is 10.3. The molecule has 1 atom stereocenters. The Morgan fingerprint density at radius 2 is 2.38 bits per heavy atom. The average molecular weight is 221 g/mol. The monoisotopic (exact) mass is 221 g/mol. The highest BCUT2D eigenvalue weighted by molar-refractivity contribution is 5.81. The Morgan fingerprint density at radius 1 is 1.50 bits per heavy atom. The van der Waals surface area contributed by atoms with Gasteiger partial charge < -0.3 is 15.6 Å². The number of imidazole rings is 1. The molecule has 7 heteroatoms. The van der Waals surface area contributed by atoms with Crippen LogP contribution in [0.2, 0.25) is 0 Å².